The number of Topliss-reactive ketones (excluding diaryl/α,β-unsaturated/α-hetero) is 1. The molecule has 3 nitrogen and oxygen atoms in total. The van der Waals surface area contributed by atoms with Crippen molar-refractivity contribution in [2.24, 2.45) is 5.10 Å². The lowest BCUT2D eigenvalue weighted by Crippen LogP contribution is -2.19. The van der Waals surface area contributed by atoms with E-state index >= 15 is 0 Å². The standard InChI is InChI=1S/C9H16N2O/c1-3-4-5-6-11-7-9(12)8(2)10-11/h3-7H2,1-2H3. The van der Waals surface area contributed by atoms with Crippen LogP contribution in [0, 0.1) is 0 Å². The van der Waals surface area contributed by atoms with E-state index in [-0.39, 0.29) is 5.78 Å². The summed E-state index contributed by atoms with van der Waals surface area (Å²) in [6.07, 6.45) is 3.57. The molecule has 1 aliphatic heterocycles. The predicted molar refractivity (Wildman–Crippen MR) is 49.2 cm³/mol. The van der Waals surface area contributed by atoms with E-state index in [1.54, 1.807) is 6.92 Å². The molecule has 0 N–H and O–H groups in total. The van der Waals surface area contributed by atoms with E-state index in [0.29, 0.717) is 12.3 Å². The van der Waals surface area contributed by atoms with Crippen molar-refractivity contribution < 1.29 is 4.79 Å². The van der Waals surface area contributed by atoms with Crippen LogP contribution in [0.15, 0.2) is 5.10 Å². The van der Waals surface area contributed by atoms with Crippen LogP contribution >= 0.6 is 0 Å². The molecule has 68 valence electrons. The van der Waals surface area contributed by atoms with Gasteiger partial charge < -0.3 is 0 Å². The van der Waals surface area contributed by atoms with Crippen molar-refractivity contribution in [2.75, 3.05) is 13.1 Å². The first kappa shape index (κ1) is 9.23. The molecule has 1 heterocycles. The van der Waals surface area contributed by atoms with Gasteiger partial charge in [-0.05, 0) is 13.3 Å². The van der Waals surface area contributed by atoms with Crippen molar-refractivity contribution in [1.82, 2.24) is 5.01 Å². The Morgan fingerprint density at radius 3 is 2.75 bits per heavy atom. The molecule has 0 aromatic carbocycles. The molecule has 12 heavy (non-hydrogen) atoms. The number of nitrogens with zero attached hydrogens (tertiary/aromatic N) is 2. The molecule has 0 aromatic heterocycles. The van der Waals surface area contributed by atoms with Crippen LogP contribution in [-0.2, 0) is 4.79 Å². The maximum absolute atomic E-state index is 11.0. The Kier molecular flexibility index (Phi) is 3.26. The third-order valence-corrected chi connectivity index (χ3v) is 2.04. The lowest BCUT2D eigenvalue weighted by Gasteiger charge is -2.11. The summed E-state index contributed by atoms with van der Waals surface area (Å²) in [6.45, 7) is 5.37. The average Bonchev–Trinajstić information content (AvgIpc) is 2.32. The van der Waals surface area contributed by atoms with Gasteiger partial charge in [-0.15, -0.1) is 0 Å². The van der Waals surface area contributed by atoms with E-state index in [0.717, 1.165) is 13.0 Å². The van der Waals surface area contributed by atoms with Crippen molar-refractivity contribution in [3.05, 3.63) is 0 Å². The highest BCUT2D eigenvalue weighted by Gasteiger charge is 2.18. The summed E-state index contributed by atoms with van der Waals surface area (Å²) in [5.41, 5.74) is 0.659. The molecule has 0 fully saturated rings. The Hall–Kier alpha value is -0.860. The number of rotatable bonds is 4. The summed E-state index contributed by atoms with van der Waals surface area (Å²) in [7, 11) is 0. The molecule has 3 heteroatoms. The second kappa shape index (κ2) is 4.24. The number of unbranched alkanes of at least 4 members (excludes halogenated alkanes) is 2. The van der Waals surface area contributed by atoms with Crippen LogP contribution in [0.1, 0.15) is 33.1 Å². The average molecular weight is 168 g/mol. The Morgan fingerprint density at radius 2 is 2.25 bits per heavy atom. The van der Waals surface area contributed by atoms with E-state index in [1.165, 1.54) is 12.8 Å². The van der Waals surface area contributed by atoms with Crippen molar-refractivity contribution in [3.8, 4) is 0 Å². The van der Waals surface area contributed by atoms with Gasteiger partial charge >= 0.3 is 0 Å². The van der Waals surface area contributed by atoms with Gasteiger partial charge in [0.2, 0.25) is 0 Å². The number of hydrogen-bond acceptors (Lipinski definition) is 3. The molecule has 0 radical (unpaired) electrons. The van der Waals surface area contributed by atoms with Gasteiger partial charge in [0.25, 0.3) is 0 Å². The summed E-state index contributed by atoms with van der Waals surface area (Å²) in [5.74, 6) is 0.173. The zero-order chi connectivity index (χ0) is 8.97. The van der Waals surface area contributed by atoms with Crippen molar-refractivity contribution >= 4 is 11.5 Å². The van der Waals surface area contributed by atoms with E-state index in [9.17, 15) is 4.79 Å². The molecule has 0 atom stereocenters. The lowest BCUT2D eigenvalue weighted by atomic mass is 10.2. The first-order valence-electron chi connectivity index (χ1n) is 4.57. The first-order chi connectivity index (χ1) is 5.74. The first-order valence-corrected chi connectivity index (χ1v) is 4.57. The van der Waals surface area contributed by atoms with Gasteiger partial charge in [-0.2, -0.15) is 5.10 Å². The summed E-state index contributed by atoms with van der Waals surface area (Å²) < 4.78 is 0. The molecule has 0 saturated heterocycles. The van der Waals surface area contributed by atoms with Crippen molar-refractivity contribution in [3.63, 3.8) is 0 Å². The van der Waals surface area contributed by atoms with Crippen LogP contribution in [0.5, 0.6) is 0 Å². The largest absolute Gasteiger partial charge is 0.291 e. The third-order valence-electron chi connectivity index (χ3n) is 2.04. The number of ketones is 1. The summed E-state index contributed by atoms with van der Waals surface area (Å²) in [6, 6.07) is 0. The SMILES string of the molecule is CCCCCN1CC(=O)C(C)=N1. The monoisotopic (exact) mass is 168 g/mol. The van der Waals surface area contributed by atoms with Gasteiger partial charge in [0.05, 0.1) is 0 Å². The second-order valence-corrected chi connectivity index (χ2v) is 3.20. The van der Waals surface area contributed by atoms with Crippen LogP contribution in [0.25, 0.3) is 0 Å². The fourth-order valence-corrected chi connectivity index (χ4v) is 1.26. The molecular formula is C9H16N2O. The summed E-state index contributed by atoms with van der Waals surface area (Å²) >= 11 is 0. The van der Waals surface area contributed by atoms with Gasteiger partial charge in [0.15, 0.2) is 5.78 Å². The number of carbonyl (C=O) groups is 1. The zero-order valence-electron chi connectivity index (χ0n) is 7.84. The normalized spacial score (nSPS) is 17.0. The van der Waals surface area contributed by atoms with Crippen LogP contribution in [0.2, 0.25) is 0 Å². The highest BCUT2D eigenvalue weighted by Crippen LogP contribution is 2.05. The van der Waals surface area contributed by atoms with Gasteiger partial charge in [0, 0.05) is 6.54 Å². The number of hydrogen-bond donors (Lipinski definition) is 0. The van der Waals surface area contributed by atoms with Gasteiger partial charge in [0.1, 0.15) is 12.3 Å². The Bertz CT molecular complexity index is 199. The molecule has 1 aliphatic rings. The van der Waals surface area contributed by atoms with E-state index in [1.807, 2.05) is 5.01 Å². The lowest BCUT2D eigenvalue weighted by molar-refractivity contribution is -0.112. The minimum absolute atomic E-state index is 0.173. The summed E-state index contributed by atoms with van der Waals surface area (Å²) in [5, 5.41) is 6.01. The van der Waals surface area contributed by atoms with E-state index in [2.05, 4.69) is 12.0 Å². The number of carbonyl (C=O) groups excluding carboxylic acids is 1. The van der Waals surface area contributed by atoms with Crippen molar-refractivity contribution in [2.45, 2.75) is 33.1 Å². The minimum Gasteiger partial charge on any atom is -0.291 e. The predicted octanol–water partition coefficient (Wildman–Crippen LogP) is 1.44. The second-order valence-electron chi connectivity index (χ2n) is 3.20. The number of hydrazone groups is 1. The molecule has 0 amide bonds. The highest BCUT2D eigenvalue weighted by atomic mass is 16.1. The maximum Gasteiger partial charge on any atom is 0.199 e. The fourth-order valence-electron chi connectivity index (χ4n) is 1.26. The molecule has 0 unspecified atom stereocenters. The Balaban J connectivity index is 2.24. The maximum atomic E-state index is 11.0. The van der Waals surface area contributed by atoms with Crippen molar-refractivity contribution in [1.29, 1.82) is 0 Å². The molecular weight excluding hydrogens is 152 g/mol. The molecule has 0 aromatic rings. The zero-order valence-corrected chi connectivity index (χ0v) is 7.84. The smallest absolute Gasteiger partial charge is 0.199 e. The van der Waals surface area contributed by atoms with Gasteiger partial charge in [-0.1, -0.05) is 19.8 Å². The summed E-state index contributed by atoms with van der Waals surface area (Å²) in [4.78, 5) is 11.0. The molecule has 1 rings (SSSR count). The highest BCUT2D eigenvalue weighted by molar-refractivity contribution is 6.40. The molecule has 0 bridgehead atoms. The Labute approximate surface area is 73.4 Å². The fraction of sp³-hybridized carbons (Fsp3) is 0.778. The van der Waals surface area contributed by atoms with Crippen LogP contribution in [0.4, 0.5) is 0 Å². The Morgan fingerprint density at radius 1 is 1.50 bits per heavy atom. The quantitative estimate of drug-likeness (QED) is 0.595. The van der Waals surface area contributed by atoms with E-state index < -0.39 is 0 Å². The molecule has 0 saturated carbocycles. The van der Waals surface area contributed by atoms with Crippen LogP contribution in [0.3, 0.4) is 0 Å². The van der Waals surface area contributed by atoms with Crippen LogP contribution < -0.4 is 0 Å². The minimum atomic E-state index is 0.173. The molecule has 0 spiro atoms. The molecule has 0 aliphatic carbocycles. The van der Waals surface area contributed by atoms with E-state index in [4.69, 9.17) is 0 Å². The van der Waals surface area contributed by atoms with Gasteiger partial charge in [-0.3, -0.25) is 9.80 Å². The van der Waals surface area contributed by atoms with Crippen LogP contribution in [-0.4, -0.2) is 29.6 Å². The third kappa shape index (κ3) is 2.32. The topological polar surface area (TPSA) is 32.7 Å². The van der Waals surface area contributed by atoms with Gasteiger partial charge in [-0.25, -0.2) is 0 Å².